The summed E-state index contributed by atoms with van der Waals surface area (Å²) in [5, 5.41) is 9.23. The first-order valence-corrected chi connectivity index (χ1v) is 8.45. The van der Waals surface area contributed by atoms with Crippen molar-refractivity contribution in [2.75, 3.05) is 0 Å². The summed E-state index contributed by atoms with van der Waals surface area (Å²) >= 11 is 0. The topological polar surface area (TPSA) is 57.9 Å². The molecule has 0 saturated heterocycles. The van der Waals surface area contributed by atoms with Crippen molar-refractivity contribution < 1.29 is 8.42 Å². The van der Waals surface area contributed by atoms with Crippen LogP contribution in [0.15, 0.2) is 64.4 Å². The van der Waals surface area contributed by atoms with Crippen LogP contribution in [0.4, 0.5) is 0 Å². The Hall–Kier alpha value is -2.38. The molecule has 4 heteroatoms. The van der Waals surface area contributed by atoms with E-state index in [0.717, 1.165) is 0 Å². The van der Waals surface area contributed by atoms with Crippen molar-refractivity contribution in [3.8, 4) is 6.07 Å². The number of rotatable bonds is 4. The number of nitrogens with zero attached hydrogens (tertiary/aromatic N) is 1. The van der Waals surface area contributed by atoms with Gasteiger partial charge in [-0.15, -0.1) is 0 Å². The Morgan fingerprint density at radius 1 is 1.05 bits per heavy atom. The molecule has 3 nitrogen and oxygen atoms in total. The number of hydrogen-bond donors (Lipinski definition) is 0. The maximum atomic E-state index is 12.5. The minimum atomic E-state index is -3.78. The number of benzene rings is 2. The van der Waals surface area contributed by atoms with Gasteiger partial charge >= 0.3 is 0 Å². The second-order valence-corrected chi connectivity index (χ2v) is 7.18. The molecular formula is C18H17NO2S. The van der Waals surface area contributed by atoms with E-state index in [1.807, 2.05) is 24.3 Å². The second-order valence-electron chi connectivity index (χ2n) is 5.26. The first-order chi connectivity index (χ1) is 10.4. The molecule has 2 aromatic rings. The summed E-state index contributed by atoms with van der Waals surface area (Å²) in [6, 6.07) is 17.3. The predicted octanol–water partition coefficient (Wildman–Crippen LogP) is 4.15. The van der Waals surface area contributed by atoms with E-state index in [2.05, 4.69) is 13.8 Å². The van der Waals surface area contributed by atoms with E-state index < -0.39 is 9.84 Å². The van der Waals surface area contributed by atoms with Gasteiger partial charge in [-0.1, -0.05) is 56.3 Å². The molecule has 0 saturated carbocycles. The first kappa shape index (κ1) is 16.0. The molecule has 0 unspecified atom stereocenters. The van der Waals surface area contributed by atoms with Gasteiger partial charge in [0.2, 0.25) is 9.84 Å². The molecule has 0 atom stereocenters. The maximum absolute atomic E-state index is 12.5. The van der Waals surface area contributed by atoms with Crippen molar-refractivity contribution in [3.05, 3.63) is 70.6 Å². The fourth-order valence-electron chi connectivity index (χ4n) is 2.03. The summed E-state index contributed by atoms with van der Waals surface area (Å²) in [5.41, 5.74) is 1.86. The maximum Gasteiger partial charge on any atom is 0.216 e. The molecule has 0 heterocycles. The van der Waals surface area contributed by atoms with Crippen LogP contribution in [0, 0.1) is 11.3 Å². The number of nitriles is 1. The summed E-state index contributed by atoms with van der Waals surface area (Å²) in [6.07, 6.45) is 1.41. The third-order valence-electron chi connectivity index (χ3n) is 3.35. The van der Waals surface area contributed by atoms with Crippen molar-refractivity contribution in [3.63, 3.8) is 0 Å². The highest BCUT2D eigenvalue weighted by atomic mass is 32.2. The quantitative estimate of drug-likeness (QED) is 0.797. The minimum Gasteiger partial charge on any atom is -0.218 e. The van der Waals surface area contributed by atoms with Gasteiger partial charge in [0.1, 0.15) is 11.0 Å². The number of hydrogen-bond acceptors (Lipinski definition) is 3. The molecular weight excluding hydrogens is 294 g/mol. The first-order valence-electron chi connectivity index (χ1n) is 6.97. The molecule has 0 amide bonds. The molecule has 0 N–H and O–H groups in total. The zero-order chi connectivity index (χ0) is 16.2. The Bertz CT molecular complexity index is 812. The van der Waals surface area contributed by atoms with E-state index in [1.165, 1.54) is 23.8 Å². The molecule has 0 bridgehead atoms. The van der Waals surface area contributed by atoms with E-state index >= 15 is 0 Å². The monoisotopic (exact) mass is 311 g/mol. The molecule has 22 heavy (non-hydrogen) atoms. The van der Waals surface area contributed by atoms with Crippen LogP contribution in [0.3, 0.4) is 0 Å². The normalized spacial score (nSPS) is 12.2. The SMILES string of the molecule is CC(C)c1ccc(/C=C(/C#N)S(=O)(=O)c2ccccc2)cc1. The molecule has 0 aliphatic rings. The van der Waals surface area contributed by atoms with Gasteiger partial charge in [-0.3, -0.25) is 0 Å². The largest absolute Gasteiger partial charge is 0.218 e. The highest BCUT2D eigenvalue weighted by Gasteiger charge is 2.20. The molecule has 0 radical (unpaired) electrons. The fraction of sp³-hybridized carbons (Fsp3) is 0.167. The van der Waals surface area contributed by atoms with Gasteiger partial charge in [-0.2, -0.15) is 5.26 Å². The van der Waals surface area contributed by atoms with Crippen molar-refractivity contribution in [2.45, 2.75) is 24.7 Å². The molecule has 2 aromatic carbocycles. The van der Waals surface area contributed by atoms with Gasteiger partial charge in [0.05, 0.1) is 4.90 Å². The van der Waals surface area contributed by atoms with Crippen LogP contribution in [0.5, 0.6) is 0 Å². The van der Waals surface area contributed by atoms with Crippen molar-refractivity contribution in [1.29, 1.82) is 5.26 Å². The van der Waals surface area contributed by atoms with Crippen LogP contribution in [0.1, 0.15) is 30.9 Å². The summed E-state index contributed by atoms with van der Waals surface area (Å²) < 4.78 is 24.9. The van der Waals surface area contributed by atoms with Gasteiger partial charge in [0.15, 0.2) is 0 Å². The number of sulfone groups is 1. The zero-order valence-corrected chi connectivity index (χ0v) is 13.3. The second kappa shape index (κ2) is 6.59. The van der Waals surface area contributed by atoms with E-state index in [4.69, 9.17) is 0 Å². The predicted molar refractivity (Wildman–Crippen MR) is 87.7 cm³/mol. The molecule has 0 spiro atoms. The smallest absolute Gasteiger partial charge is 0.216 e. The van der Waals surface area contributed by atoms with Crippen LogP contribution in [-0.4, -0.2) is 8.42 Å². The van der Waals surface area contributed by atoms with Crippen LogP contribution in [0.25, 0.3) is 6.08 Å². The van der Waals surface area contributed by atoms with E-state index in [1.54, 1.807) is 24.3 Å². The molecule has 2 rings (SSSR count). The lowest BCUT2D eigenvalue weighted by Crippen LogP contribution is -2.03. The fourth-order valence-corrected chi connectivity index (χ4v) is 3.21. The summed E-state index contributed by atoms with van der Waals surface area (Å²) in [4.78, 5) is -0.127. The standard InChI is InChI=1S/C18H17NO2S/c1-14(2)16-10-8-15(9-11-16)12-18(13-19)22(20,21)17-6-4-3-5-7-17/h3-12,14H,1-2H3/b18-12-. The van der Waals surface area contributed by atoms with Gasteiger partial charge in [-0.25, -0.2) is 8.42 Å². The Balaban J connectivity index is 2.42. The van der Waals surface area contributed by atoms with Crippen molar-refractivity contribution in [1.82, 2.24) is 0 Å². The lowest BCUT2D eigenvalue weighted by atomic mass is 10.0. The zero-order valence-electron chi connectivity index (χ0n) is 12.5. The summed E-state index contributed by atoms with van der Waals surface area (Å²) in [7, 11) is -3.78. The van der Waals surface area contributed by atoms with Crippen LogP contribution in [0.2, 0.25) is 0 Å². The Morgan fingerprint density at radius 2 is 1.64 bits per heavy atom. The summed E-state index contributed by atoms with van der Waals surface area (Å²) in [5.74, 6) is 0.404. The van der Waals surface area contributed by atoms with E-state index in [-0.39, 0.29) is 9.80 Å². The average molecular weight is 311 g/mol. The Kier molecular flexibility index (Phi) is 4.79. The van der Waals surface area contributed by atoms with Gasteiger partial charge < -0.3 is 0 Å². The Morgan fingerprint density at radius 3 is 2.14 bits per heavy atom. The van der Waals surface area contributed by atoms with Crippen molar-refractivity contribution in [2.24, 2.45) is 0 Å². The van der Waals surface area contributed by atoms with E-state index in [9.17, 15) is 13.7 Å². The Labute approximate surface area is 131 Å². The number of allylic oxidation sites excluding steroid dienone is 1. The lowest BCUT2D eigenvalue weighted by molar-refractivity contribution is 0.603. The molecule has 0 aromatic heterocycles. The summed E-state index contributed by atoms with van der Waals surface area (Å²) in [6.45, 7) is 4.18. The van der Waals surface area contributed by atoms with Gasteiger partial charge in [0.25, 0.3) is 0 Å². The van der Waals surface area contributed by atoms with Gasteiger partial charge in [0, 0.05) is 0 Å². The van der Waals surface area contributed by atoms with Crippen LogP contribution < -0.4 is 0 Å². The third kappa shape index (κ3) is 3.44. The van der Waals surface area contributed by atoms with Gasteiger partial charge in [-0.05, 0) is 35.3 Å². The third-order valence-corrected chi connectivity index (χ3v) is 5.04. The minimum absolute atomic E-state index is 0.126. The highest BCUT2D eigenvalue weighted by molar-refractivity contribution is 7.95. The van der Waals surface area contributed by atoms with Crippen LogP contribution in [-0.2, 0) is 9.84 Å². The molecule has 0 aliphatic heterocycles. The van der Waals surface area contributed by atoms with E-state index in [0.29, 0.717) is 11.5 Å². The lowest BCUT2D eigenvalue weighted by Gasteiger charge is -2.06. The van der Waals surface area contributed by atoms with Crippen molar-refractivity contribution >= 4 is 15.9 Å². The molecule has 0 fully saturated rings. The van der Waals surface area contributed by atoms with Crippen LogP contribution >= 0.6 is 0 Å². The average Bonchev–Trinajstić information content (AvgIpc) is 2.53. The molecule has 112 valence electrons. The molecule has 0 aliphatic carbocycles. The highest BCUT2D eigenvalue weighted by Crippen LogP contribution is 2.22.